The number of aliphatic carboxylic acids is 1. The molecule has 1 heterocycles. The predicted octanol–water partition coefficient (Wildman–Crippen LogP) is 2.31. The van der Waals surface area contributed by atoms with Crippen LogP contribution in [0.4, 0.5) is 0 Å². The Morgan fingerprint density at radius 3 is 2.75 bits per heavy atom. The zero-order valence-electron chi connectivity index (χ0n) is 13.9. The first-order valence-corrected chi connectivity index (χ1v) is 7.69. The molecule has 0 unspecified atom stereocenters. The number of hydrogen-bond donors (Lipinski definition) is 3. The van der Waals surface area contributed by atoms with Crippen molar-refractivity contribution in [2.45, 2.75) is 26.3 Å². The van der Waals surface area contributed by atoms with Gasteiger partial charge in [-0.1, -0.05) is 32.4 Å². The minimum Gasteiger partial charge on any atom is -0.497 e. The van der Waals surface area contributed by atoms with Gasteiger partial charge in [0.2, 0.25) is 0 Å². The normalized spacial score (nSPS) is 13.1. The van der Waals surface area contributed by atoms with Crippen molar-refractivity contribution < 1.29 is 19.4 Å². The van der Waals surface area contributed by atoms with Crippen molar-refractivity contribution in [1.82, 2.24) is 15.5 Å². The van der Waals surface area contributed by atoms with Crippen LogP contribution in [0.5, 0.6) is 5.75 Å². The first kappa shape index (κ1) is 17.5. The van der Waals surface area contributed by atoms with Crippen LogP contribution in [0, 0.1) is 5.92 Å². The summed E-state index contributed by atoms with van der Waals surface area (Å²) in [6.45, 7) is 3.66. The van der Waals surface area contributed by atoms with Crippen molar-refractivity contribution in [1.29, 1.82) is 0 Å². The molecule has 7 heteroatoms. The molecular formula is C17H21N3O4. The molecule has 2 atom stereocenters. The first-order chi connectivity index (χ1) is 11.5. The number of hydrogen-bond acceptors (Lipinski definition) is 4. The quantitative estimate of drug-likeness (QED) is 0.722. The van der Waals surface area contributed by atoms with E-state index in [0.29, 0.717) is 17.9 Å². The molecule has 0 saturated carbocycles. The van der Waals surface area contributed by atoms with E-state index in [1.807, 2.05) is 25.1 Å². The Labute approximate surface area is 140 Å². The fraction of sp³-hybridized carbons (Fsp3) is 0.353. The molecule has 1 aromatic heterocycles. The van der Waals surface area contributed by atoms with E-state index in [1.54, 1.807) is 26.2 Å². The maximum atomic E-state index is 12.3. The second-order valence-electron chi connectivity index (χ2n) is 5.57. The molecule has 1 amide bonds. The molecule has 0 aliphatic carbocycles. The van der Waals surface area contributed by atoms with Crippen molar-refractivity contribution in [3.63, 3.8) is 0 Å². The molecule has 0 radical (unpaired) electrons. The summed E-state index contributed by atoms with van der Waals surface area (Å²) in [7, 11) is 1.57. The number of carboxylic acid groups (broad SMARTS) is 1. The summed E-state index contributed by atoms with van der Waals surface area (Å²) in [4.78, 5) is 23.6. The van der Waals surface area contributed by atoms with Crippen LogP contribution in [0.3, 0.4) is 0 Å². The van der Waals surface area contributed by atoms with Gasteiger partial charge in [-0.2, -0.15) is 5.10 Å². The minimum absolute atomic E-state index is 0.174. The summed E-state index contributed by atoms with van der Waals surface area (Å²) in [6.07, 6.45) is 0.648. The number of carboxylic acids is 1. The van der Waals surface area contributed by atoms with E-state index < -0.39 is 17.9 Å². The van der Waals surface area contributed by atoms with Gasteiger partial charge in [-0.05, 0) is 24.1 Å². The summed E-state index contributed by atoms with van der Waals surface area (Å²) in [5, 5.41) is 18.6. The molecule has 7 nitrogen and oxygen atoms in total. The van der Waals surface area contributed by atoms with Gasteiger partial charge >= 0.3 is 5.97 Å². The van der Waals surface area contributed by atoms with E-state index in [0.717, 1.165) is 5.56 Å². The van der Waals surface area contributed by atoms with Gasteiger partial charge in [0.05, 0.1) is 12.8 Å². The smallest absolute Gasteiger partial charge is 0.326 e. The molecule has 0 fully saturated rings. The van der Waals surface area contributed by atoms with E-state index in [4.69, 9.17) is 4.74 Å². The molecule has 0 spiro atoms. The van der Waals surface area contributed by atoms with E-state index in [9.17, 15) is 14.7 Å². The summed E-state index contributed by atoms with van der Waals surface area (Å²) in [5.41, 5.74) is 1.58. The third-order valence-corrected chi connectivity index (χ3v) is 3.95. The maximum absolute atomic E-state index is 12.3. The van der Waals surface area contributed by atoms with Crippen LogP contribution in [0.25, 0.3) is 11.3 Å². The number of nitrogens with one attached hydrogen (secondary N) is 2. The van der Waals surface area contributed by atoms with E-state index >= 15 is 0 Å². The number of aromatic amines is 1. The molecular weight excluding hydrogens is 310 g/mol. The van der Waals surface area contributed by atoms with Crippen LogP contribution >= 0.6 is 0 Å². The average Bonchev–Trinajstić information content (AvgIpc) is 3.08. The van der Waals surface area contributed by atoms with Crippen molar-refractivity contribution in [3.8, 4) is 17.0 Å². The third-order valence-electron chi connectivity index (χ3n) is 3.95. The number of aromatic nitrogens is 2. The van der Waals surface area contributed by atoms with E-state index in [-0.39, 0.29) is 11.6 Å². The third kappa shape index (κ3) is 3.92. The lowest BCUT2D eigenvalue weighted by molar-refractivity contribution is -0.140. The Bertz CT molecular complexity index is 726. The van der Waals surface area contributed by atoms with Crippen molar-refractivity contribution in [2.75, 3.05) is 7.11 Å². The lowest BCUT2D eigenvalue weighted by atomic mass is 9.99. The molecule has 24 heavy (non-hydrogen) atoms. The van der Waals surface area contributed by atoms with Crippen molar-refractivity contribution >= 4 is 11.9 Å². The van der Waals surface area contributed by atoms with Gasteiger partial charge in [-0.15, -0.1) is 0 Å². The number of benzene rings is 1. The SMILES string of the molecule is CC[C@H](C)[C@H](NC(=O)c1cc(-c2cccc(OC)c2)n[nH]1)C(=O)O. The highest BCUT2D eigenvalue weighted by Crippen LogP contribution is 2.22. The topological polar surface area (TPSA) is 104 Å². The fourth-order valence-electron chi connectivity index (χ4n) is 2.27. The maximum Gasteiger partial charge on any atom is 0.326 e. The summed E-state index contributed by atoms with van der Waals surface area (Å²) in [5.74, 6) is -1.04. The molecule has 1 aromatic carbocycles. The summed E-state index contributed by atoms with van der Waals surface area (Å²) >= 11 is 0. The van der Waals surface area contributed by atoms with Gasteiger partial charge < -0.3 is 15.2 Å². The fourth-order valence-corrected chi connectivity index (χ4v) is 2.27. The van der Waals surface area contributed by atoms with E-state index in [2.05, 4.69) is 15.5 Å². The first-order valence-electron chi connectivity index (χ1n) is 7.69. The molecule has 0 aliphatic rings. The molecule has 2 aromatic rings. The zero-order chi connectivity index (χ0) is 17.7. The van der Waals surface area contributed by atoms with Gasteiger partial charge in [-0.3, -0.25) is 9.89 Å². The number of methoxy groups -OCH3 is 1. The van der Waals surface area contributed by atoms with E-state index in [1.165, 1.54) is 0 Å². The highest BCUT2D eigenvalue weighted by Gasteiger charge is 2.26. The van der Waals surface area contributed by atoms with Crippen LogP contribution in [0.1, 0.15) is 30.8 Å². The molecule has 128 valence electrons. The Morgan fingerprint density at radius 2 is 2.12 bits per heavy atom. The monoisotopic (exact) mass is 331 g/mol. The Morgan fingerprint density at radius 1 is 1.38 bits per heavy atom. The predicted molar refractivity (Wildman–Crippen MR) is 88.9 cm³/mol. The summed E-state index contributed by atoms with van der Waals surface area (Å²) in [6, 6.07) is 7.93. The van der Waals surface area contributed by atoms with Gasteiger partial charge in [0.25, 0.3) is 5.91 Å². The van der Waals surface area contributed by atoms with Crippen LogP contribution < -0.4 is 10.1 Å². The van der Waals surface area contributed by atoms with Crippen LogP contribution in [0.15, 0.2) is 30.3 Å². The largest absolute Gasteiger partial charge is 0.497 e. The molecule has 0 saturated heterocycles. The number of amides is 1. The number of nitrogens with zero attached hydrogens (tertiary/aromatic N) is 1. The Balaban J connectivity index is 2.17. The number of H-pyrrole nitrogens is 1. The van der Waals surface area contributed by atoms with Gasteiger partial charge in [0.15, 0.2) is 0 Å². The lowest BCUT2D eigenvalue weighted by Crippen LogP contribution is -2.45. The highest BCUT2D eigenvalue weighted by atomic mass is 16.5. The molecule has 3 N–H and O–H groups in total. The Kier molecular flexibility index (Phi) is 5.57. The molecule has 0 aliphatic heterocycles. The highest BCUT2D eigenvalue weighted by molar-refractivity contribution is 5.95. The number of carbonyl (C=O) groups is 2. The number of ether oxygens (including phenoxy) is 1. The summed E-state index contributed by atoms with van der Waals surface area (Å²) < 4.78 is 5.17. The zero-order valence-corrected chi connectivity index (χ0v) is 13.9. The lowest BCUT2D eigenvalue weighted by Gasteiger charge is -2.19. The van der Waals surface area contributed by atoms with Crippen molar-refractivity contribution in [3.05, 3.63) is 36.0 Å². The minimum atomic E-state index is -1.05. The standard InChI is InChI=1S/C17H21N3O4/c1-4-10(2)15(17(22)23)18-16(21)14-9-13(19-20-14)11-6-5-7-12(8-11)24-3/h5-10,15H,4H2,1-3H3,(H,18,21)(H,19,20)(H,22,23)/t10-,15-/m0/s1. The van der Waals surface area contributed by atoms with Crippen LogP contribution in [-0.4, -0.2) is 40.3 Å². The number of carbonyl (C=O) groups excluding carboxylic acids is 1. The average molecular weight is 331 g/mol. The van der Waals surface area contributed by atoms with Gasteiger partial charge in [-0.25, -0.2) is 4.79 Å². The second-order valence-corrected chi connectivity index (χ2v) is 5.57. The van der Waals surface area contributed by atoms with Crippen LogP contribution in [-0.2, 0) is 4.79 Å². The number of rotatable bonds is 7. The second kappa shape index (κ2) is 7.63. The Hall–Kier alpha value is -2.83. The molecule has 0 bridgehead atoms. The van der Waals surface area contributed by atoms with Crippen molar-refractivity contribution in [2.24, 2.45) is 5.92 Å². The van der Waals surface area contributed by atoms with Gasteiger partial charge in [0.1, 0.15) is 17.5 Å². The van der Waals surface area contributed by atoms with Crippen LogP contribution in [0.2, 0.25) is 0 Å². The van der Waals surface area contributed by atoms with Gasteiger partial charge in [0, 0.05) is 5.56 Å². The molecule has 2 rings (SSSR count).